The number of benzene rings is 2. The Labute approximate surface area is 170 Å². The predicted octanol–water partition coefficient (Wildman–Crippen LogP) is 5.21. The van der Waals surface area contributed by atoms with Gasteiger partial charge in [0.15, 0.2) is 6.61 Å². The molecule has 0 saturated heterocycles. The van der Waals surface area contributed by atoms with Crippen LogP contribution in [0.15, 0.2) is 42.5 Å². The van der Waals surface area contributed by atoms with Crippen molar-refractivity contribution < 1.29 is 36.6 Å². The van der Waals surface area contributed by atoms with Gasteiger partial charge in [-0.2, -0.15) is 13.2 Å². The molecule has 0 fully saturated rings. The second kappa shape index (κ2) is 9.02. The van der Waals surface area contributed by atoms with Crippen LogP contribution in [-0.4, -0.2) is 24.2 Å². The third-order valence-corrected chi connectivity index (χ3v) is 3.44. The molecule has 30 heavy (non-hydrogen) atoms. The maximum absolute atomic E-state index is 13.6. The van der Waals surface area contributed by atoms with Crippen molar-refractivity contribution in [1.29, 1.82) is 0 Å². The molecule has 0 radical (unpaired) electrons. The Morgan fingerprint density at radius 2 is 1.57 bits per heavy atom. The maximum Gasteiger partial charge on any atom is 0.416 e. The molecule has 0 unspecified atom stereocenters. The van der Waals surface area contributed by atoms with Gasteiger partial charge in [-0.3, -0.25) is 10.1 Å². The second-order valence-corrected chi connectivity index (χ2v) is 7.18. The van der Waals surface area contributed by atoms with Crippen LogP contribution in [0.5, 0.6) is 5.75 Å². The summed E-state index contributed by atoms with van der Waals surface area (Å²) in [5.41, 5.74) is -1.56. The third kappa shape index (κ3) is 7.26. The van der Waals surface area contributed by atoms with Crippen LogP contribution >= 0.6 is 0 Å². The van der Waals surface area contributed by atoms with E-state index in [0.717, 1.165) is 36.4 Å². The number of halogens is 4. The fourth-order valence-electron chi connectivity index (χ4n) is 2.22. The van der Waals surface area contributed by atoms with E-state index in [-0.39, 0.29) is 17.1 Å². The number of carbonyl (C=O) groups is 2. The fraction of sp³-hybridized carbons (Fsp3) is 0.300. The molecule has 0 aliphatic carbocycles. The van der Waals surface area contributed by atoms with Crippen LogP contribution in [0.4, 0.5) is 33.7 Å². The van der Waals surface area contributed by atoms with Gasteiger partial charge in [0.05, 0.1) is 16.9 Å². The van der Waals surface area contributed by atoms with E-state index in [4.69, 9.17) is 9.47 Å². The van der Waals surface area contributed by atoms with Crippen molar-refractivity contribution in [2.75, 3.05) is 17.2 Å². The molecule has 0 saturated carbocycles. The van der Waals surface area contributed by atoms with Gasteiger partial charge in [0.25, 0.3) is 5.91 Å². The second-order valence-electron chi connectivity index (χ2n) is 7.18. The third-order valence-electron chi connectivity index (χ3n) is 3.44. The minimum Gasteiger partial charge on any atom is -0.484 e. The number of hydrogen-bond donors (Lipinski definition) is 2. The Bertz CT molecular complexity index is 907. The largest absolute Gasteiger partial charge is 0.484 e. The van der Waals surface area contributed by atoms with Crippen molar-refractivity contribution in [1.82, 2.24) is 0 Å². The van der Waals surface area contributed by atoms with Gasteiger partial charge in [0, 0.05) is 0 Å². The van der Waals surface area contributed by atoms with Crippen LogP contribution in [0.3, 0.4) is 0 Å². The molecule has 10 heteroatoms. The van der Waals surface area contributed by atoms with Gasteiger partial charge in [0.1, 0.15) is 17.2 Å². The summed E-state index contributed by atoms with van der Waals surface area (Å²) >= 11 is 0. The lowest BCUT2D eigenvalue weighted by Crippen LogP contribution is -2.28. The molecule has 162 valence electrons. The first kappa shape index (κ1) is 23.0. The van der Waals surface area contributed by atoms with Crippen LogP contribution in [-0.2, 0) is 15.7 Å². The van der Waals surface area contributed by atoms with Gasteiger partial charge in [-0.15, -0.1) is 0 Å². The summed E-state index contributed by atoms with van der Waals surface area (Å²) in [6.07, 6.45) is -5.28. The molecule has 2 N–H and O–H groups in total. The average molecular weight is 428 g/mol. The van der Waals surface area contributed by atoms with E-state index < -0.39 is 41.8 Å². The Morgan fingerprint density at radius 1 is 0.933 bits per heavy atom. The van der Waals surface area contributed by atoms with Crippen molar-refractivity contribution in [3.8, 4) is 5.75 Å². The Hall–Kier alpha value is -3.30. The van der Waals surface area contributed by atoms with E-state index in [9.17, 15) is 27.2 Å². The van der Waals surface area contributed by atoms with Crippen molar-refractivity contribution in [3.63, 3.8) is 0 Å². The summed E-state index contributed by atoms with van der Waals surface area (Å²) in [4.78, 5) is 24.0. The molecule has 0 atom stereocenters. The first-order valence-corrected chi connectivity index (χ1v) is 8.73. The van der Waals surface area contributed by atoms with Gasteiger partial charge in [-0.1, -0.05) is 0 Å². The molecular weight excluding hydrogens is 408 g/mol. The molecule has 2 amide bonds. The molecule has 0 spiro atoms. The number of anilines is 2. The summed E-state index contributed by atoms with van der Waals surface area (Å²) in [6.45, 7) is 4.45. The number of rotatable bonds is 5. The summed E-state index contributed by atoms with van der Waals surface area (Å²) in [5, 5.41) is 4.78. The number of carbonyl (C=O) groups excluding carboxylic acids is 2. The molecule has 2 aromatic carbocycles. The lowest BCUT2D eigenvalue weighted by molar-refractivity contribution is -0.137. The van der Waals surface area contributed by atoms with Gasteiger partial charge in [-0.05, 0) is 63.2 Å². The van der Waals surface area contributed by atoms with Crippen LogP contribution in [0.1, 0.15) is 26.3 Å². The highest BCUT2D eigenvalue weighted by molar-refractivity contribution is 5.98. The zero-order valence-electron chi connectivity index (χ0n) is 16.4. The number of nitrogens with one attached hydrogen (secondary N) is 2. The smallest absolute Gasteiger partial charge is 0.416 e. The molecule has 0 aliphatic heterocycles. The van der Waals surface area contributed by atoms with Gasteiger partial charge in [-0.25, -0.2) is 9.18 Å². The van der Waals surface area contributed by atoms with Crippen LogP contribution in [0.25, 0.3) is 0 Å². The van der Waals surface area contributed by atoms with E-state index >= 15 is 0 Å². The van der Waals surface area contributed by atoms with Crippen LogP contribution in [0, 0.1) is 5.82 Å². The molecule has 2 rings (SSSR count). The topological polar surface area (TPSA) is 76.7 Å². The summed E-state index contributed by atoms with van der Waals surface area (Å²) in [7, 11) is 0. The average Bonchev–Trinajstić information content (AvgIpc) is 2.60. The van der Waals surface area contributed by atoms with E-state index in [1.54, 1.807) is 20.8 Å². The Kier molecular flexibility index (Phi) is 6.91. The lowest BCUT2D eigenvalue weighted by atomic mass is 10.2. The standard InChI is InChI=1S/C20H20F4N2O4/c1-19(2,3)30-18(28)26-15-9-6-13(21)10-16(15)25-17(27)11-29-14-7-4-12(5-8-14)20(22,23)24/h4-10H,11H2,1-3H3,(H,25,27)(H,26,28). The van der Waals surface area contributed by atoms with Crippen LogP contribution < -0.4 is 15.4 Å². The van der Waals surface area contributed by atoms with Crippen LogP contribution in [0.2, 0.25) is 0 Å². The molecule has 0 aromatic heterocycles. The monoisotopic (exact) mass is 428 g/mol. The molecule has 6 nitrogen and oxygen atoms in total. The zero-order chi connectivity index (χ0) is 22.5. The van der Waals surface area contributed by atoms with Gasteiger partial charge >= 0.3 is 12.3 Å². The quantitative estimate of drug-likeness (QED) is 0.641. The SMILES string of the molecule is CC(C)(C)OC(=O)Nc1ccc(F)cc1NC(=O)COc1ccc(C(F)(F)F)cc1. The highest BCUT2D eigenvalue weighted by atomic mass is 19.4. The normalized spacial score (nSPS) is 11.6. The van der Waals surface area contributed by atoms with Gasteiger partial charge < -0.3 is 14.8 Å². The molecule has 0 bridgehead atoms. The highest BCUT2D eigenvalue weighted by Crippen LogP contribution is 2.30. The zero-order valence-corrected chi connectivity index (χ0v) is 16.4. The van der Waals surface area contributed by atoms with Crippen molar-refractivity contribution in [2.45, 2.75) is 32.5 Å². The van der Waals surface area contributed by atoms with Crippen molar-refractivity contribution in [3.05, 3.63) is 53.8 Å². The molecule has 0 heterocycles. The summed E-state index contributed by atoms with van der Waals surface area (Å²) in [5.74, 6) is -1.33. The van der Waals surface area contributed by atoms with Crippen molar-refractivity contribution in [2.24, 2.45) is 0 Å². The first-order chi connectivity index (χ1) is 13.8. The minimum absolute atomic E-state index is 0.0399. The number of alkyl halides is 3. The van der Waals surface area contributed by atoms with E-state index in [1.807, 2.05) is 0 Å². The molecule has 2 aromatic rings. The Balaban J connectivity index is 2.00. The number of hydrogen-bond acceptors (Lipinski definition) is 4. The summed E-state index contributed by atoms with van der Waals surface area (Å²) in [6, 6.07) is 7.11. The molecular formula is C20H20F4N2O4. The van der Waals surface area contributed by atoms with E-state index in [2.05, 4.69) is 10.6 Å². The highest BCUT2D eigenvalue weighted by Gasteiger charge is 2.30. The fourth-order valence-corrected chi connectivity index (χ4v) is 2.22. The number of amides is 2. The van der Waals surface area contributed by atoms with Gasteiger partial charge in [0.2, 0.25) is 0 Å². The lowest BCUT2D eigenvalue weighted by Gasteiger charge is -2.20. The summed E-state index contributed by atoms with van der Waals surface area (Å²) < 4.78 is 61.5. The minimum atomic E-state index is -4.48. The predicted molar refractivity (Wildman–Crippen MR) is 102 cm³/mol. The Morgan fingerprint density at radius 3 is 2.13 bits per heavy atom. The van der Waals surface area contributed by atoms with E-state index in [1.165, 1.54) is 6.07 Å². The van der Waals surface area contributed by atoms with E-state index in [0.29, 0.717) is 0 Å². The maximum atomic E-state index is 13.6. The first-order valence-electron chi connectivity index (χ1n) is 8.73. The molecule has 0 aliphatic rings. The number of ether oxygens (including phenoxy) is 2. The van der Waals surface area contributed by atoms with Crippen molar-refractivity contribution >= 4 is 23.4 Å².